The largest absolute Gasteiger partial charge is 0.352 e. The van der Waals surface area contributed by atoms with Crippen molar-refractivity contribution in [1.29, 1.82) is 0 Å². The van der Waals surface area contributed by atoms with Crippen LogP contribution < -0.4 is 11.1 Å². The van der Waals surface area contributed by atoms with Crippen LogP contribution in [-0.2, 0) is 11.3 Å². The summed E-state index contributed by atoms with van der Waals surface area (Å²) in [5.74, 6) is -0.643. The van der Waals surface area contributed by atoms with Gasteiger partial charge in [0.2, 0.25) is 5.91 Å². The molecule has 106 valence electrons. The third-order valence-corrected chi connectivity index (χ3v) is 2.92. The van der Waals surface area contributed by atoms with Crippen LogP contribution in [0.15, 0.2) is 24.3 Å². The molecule has 0 bridgehead atoms. The van der Waals surface area contributed by atoms with E-state index in [1.807, 2.05) is 0 Å². The molecule has 0 heterocycles. The average Bonchev–Trinajstić information content (AvgIpc) is 2.33. The van der Waals surface area contributed by atoms with Crippen molar-refractivity contribution in [2.45, 2.75) is 33.7 Å². The van der Waals surface area contributed by atoms with Crippen molar-refractivity contribution < 1.29 is 9.18 Å². The van der Waals surface area contributed by atoms with Crippen LogP contribution in [0.25, 0.3) is 0 Å². The molecule has 1 unspecified atom stereocenters. The first-order valence-corrected chi connectivity index (χ1v) is 6.54. The minimum absolute atomic E-state index is 0.0410. The van der Waals surface area contributed by atoms with E-state index in [9.17, 15) is 9.18 Å². The van der Waals surface area contributed by atoms with Crippen LogP contribution in [0, 0.1) is 17.2 Å². The van der Waals surface area contributed by atoms with E-state index in [0.29, 0.717) is 18.5 Å². The summed E-state index contributed by atoms with van der Waals surface area (Å²) in [4.78, 5) is 12.0. The second-order valence-electron chi connectivity index (χ2n) is 6.01. The second-order valence-corrected chi connectivity index (χ2v) is 6.01. The van der Waals surface area contributed by atoms with Crippen LogP contribution >= 0.6 is 0 Å². The molecule has 3 nitrogen and oxygen atoms in total. The summed E-state index contributed by atoms with van der Waals surface area (Å²) in [5, 5.41) is 2.75. The number of rotatable bonds is 5. The van der Waals surface area contributed by atoms with Crippen LogP contribution in [0.1, 0.15) is 32.8 Å². The fraction of sp³-hybridized carbons (Fsp3) is 0.533. The summed E-state index contributed by atoms with van der Waals surface area (Å²) in [5.41, 5.74) is 6.17. The molecule has 0 fully saturated rings. The van der Waals surface area contributed by atoms with E-state index < -0.39 is 0 Å². The Labute approximate surface area is 114 Å². The van der Waals surface area contributed by atoms with Gasteiger partial charge in [0.25, 0.3) is 0 Å². The van der Waals surface area contributed by atoms with Crippen molar-refractivity contribution in [3.63, 3.8) is 0 Å². The lowest BCUT2D eigenvalue weighted by Crippen LogP contribution is -2.37. The number of hydrogen-bond donors (Lipinski definition) is 2. The number of nitrogens with one attached hydrogen (secondary N) is 1. The number of carbonyl (C=O) groups is 1. The average molecular weight is 266 g/mol. The van der Waals surface area contributed by atoms with Gasteiger partial charge in [0.05, 0.1) is 5.92 Å². The van der Waals surface area contributed by atoms with Gasteiger partial charge in [-0.1, -0.05) is 39.0 Å². The van der Waals surface area contributed by atoms with Gasteiger partial charge < -0.3 is 11.1 Å². The van der Waals surface area contributed by atoms with Crippen LogP contribution in [0.3, 0.4) is 0 Å². The van der Waals surface area contributed by atoms with E-state index in [1.165, 1.54) is 6.07 Å². The molecule has 1 aromatic carbocycles. The molecule has 1 aromatic rings. The van der Waals surface area contributed by atoms with E-state index in [0.717, 1.165) is 0 Å². The first-order chi connectivity index (χ1) is 8.83. The zero-order chi connectivity index (χ0) is 14.5. The number of hydrogen-bond acceptors (Lipinski definition) is 2. The normalized spacial score (nSPS) is 13.1. The molecule has 1 atom stereocenters. The first kappa shape index (κ1) is 15.6. The lowest BCUT2D eigenvalue weighted by atomic mass is 9.84. The molecule has 0 aliphatic heterocycles. The number of amides is 1. The molecule has 19 heavy (non-hydrogen) atoms. The van der Waals surface area contributed by atoms with Crippen molar-refractivity contribution >= 4 is 5.91 Å². The van der Waals surface area contributed by atoms with Gasteiger partial charge in [0.15, 0.2) is 0 Å². The molecule has 0 saturated heterocycles. The van der Waals surface area contributed by atoms with Gasteiger partial charge in [0.1, 0.15) is 5.82 Å². The molecule has 0 spiro atoms. The molecule has 0 aliphatic carbocycles. The highest BCUT2D eigenvalue weighted by molar-refractivity contribution is 5.78. The van der Waals surface area contributed by atoms with Crippen molar-refractivity contribution in [2.24, 2.45) is 17.1 Å². The van der Waals surface area contributed by atoms with E-state index in [1.54, 1.807) is 18.2 Å². The molecule has 4 heteroatoms. The monoisotopic (exact) mass is 266 g/mol. The highest BCUT2D eigenvalue weighted by atomic mass is 19.1. The minimum Gasteiger partial charge on any atom is -0.352 e. The standard InChI is InChI=1S/C15H23FN2O/c1-15(2,3)8-12(9-17)14(19)18-10-11-6-4-5-7-13(11)16/h4-7,12H,8-10,17H2,1-3H3,(H,18,19). The SMILES string of the molecule is CC(C)(C)CC(CN)C(=O)NCc1ccccc1F. The molecular formula is C15H23FN2O. The summed E-state index contributed by atoms with van der Waals surface area (Å²) in [6.45, 7) is 6.71. The molecular weight excluding hydrogens is 243 g/mol. The Kier molecular flexibility index (Phi) is 5.48. The predicted octanol–water partition coefficient (Wildman–Crippen LogP) is 2.45. The first-order valence-electron chi connectivity index (χ1n) is 6.54. The third kappa shape index (κ3) is 5.39. The Morgan fingerprint density at radius 1 is 1.37 bits per heavy atom. The topological polar surface area (TPSA) is 55.1 Å². The fourth-order valence-electron chi connectivity index (χ4n) is 1.99. The maximum atomic E-state index is 13.4. The summed E-state index contributed by atoms with van der Waals surface area (Å²) >= 11 is 0. The van der Waals surface area contributed by atoms with Crippen LogP contribution in [-0.4, -0.2) is 12.5 Å². The Hall–Kier alpha value is -1.42. The smallest absolute Gasteiger partial charge is 0.224 e. The van der Waals surface area contributed by atoms with Crippen molar-refractivity contribution in [3.05, 3.63) is 35.6 Å². The van der Waals surface area contributed by atoms with Crippen LogP contribution in [0.5, 0.6) is 0 Å². The summed E-state index contributed by atoms with van der Waals surface area (Å²) < 4.78 is 13.4. The van der Waals surface area contributed by atoms with Gasteiger partial charge in [-0.25, -0.2) is 4.39 Å². The Morgan fingerprint density at radius 2 is 2.00 bits per heavy atom. The van der Waals surface area contributed by atoms with Gasteiger partial charge in [-0.15, -0.1) is 0 Å². The molecule has 0 saturated carbocycles. The van der Waals surface area contributed by atoms with E-state index in [2.05, 4.69) is 26.1 Å². The van der Waals surface area contributed by atoms with E-state index in [4.69, 9.17) is 5.73 Å². The zero-order valence-corrected chi connectivity index (χ0v) is 11.9. The van der Waals surface area contributed by atoms with Crippen molar-refractivity contribution in [2.75, 3.05) is 6.54 Å². The second kappa shape index (κ2) is 6.66. The van der Waals surface area contributed by atoms with Crippen molar-refractivity contribution in [1.82, 2.24) is 5.32 Å². The summed E-state index contributed by atoms with van der Waals surface area (Å²) in [6.07, 6.45) is 0.715. The highest BCUT2D eigenvalue weighted by Gasteiger charge is 2.23. The molecule has 1 amide bonds. The van der Waals surface area contributed by atoms with Gasteiger partial charge in [-0.2, -0.15) is 0 Å². The third-order valence-electron chi connectivity index (χ3n) is 2.92. The van der Waals surface area contributed by atoms with Crippen LogP contribution in [0.2, 0.25) is 0 Å². The summed E-state index contributed by atoms with van der Waals surface area (Å²) in [6, 6.07) is 6.43. The molecule has 0 aromatic heterocycles. The minimum atomic E-state index is -0.303. The summed E-state index contributed by atoms with van der Waals surface area (Å²) in [7, 11) is 0. The quantitative estimate of drug-likeness (QED) is 0.860. The van der Waals surface area contributed by atoms with Crippen molar-refractivity contribution in [3.8, 4) is 0 Å². The zero-order valence-electron chi connectivity index (χ0n) is 11.9. The van der Waals surface area contributed by atoms with Gasteiger partial charge in [-0.3, -0.25) is 4.79 Å². The number of carbonyl (C=O) groups excluding carboxylic acids is 1. The van der Waals surface area contributed by atoms with Gasteiger partial charge in [0, 0.05) is 18.7 Å². The maximum absolute atomic E-state index is 13.4. The fourth-order valence-corrected chi connectivity index (χ4v) is 1.99. The van der Waals surface area contributed by atoms with E-state index >= 15 is 0 Å². The Balaban J connectivity index is 2.57. The highest BCUT2D eigenvalue weighted by Crippen LogP contribution is 2.24. The van der Waals surface area contributed by atoms with Gasteiger partial charge in [-0.05, 0) is 17.9 Å². The maximum Gasteiger partial charge on any atom is 0.224 e. The number of benzene rings is 1. The lowest BCUT2D eigenvalue weighted by Gasteiger charge is -2.24. The number of halogens is 1. The molecule has 0 radical (unpaired) electrons. The molecule has 0 aliphatic rings. The Bertz CT molecular complexity index is 426. The van der Waals surface area contributed by atoms with Gasteiger partial charge >= 0.3 is 0 Å². The molecule has 3 N–H and O–H groups in total. The molecule has 1 rings (SSSR count). The number of nitrogens with two attached hydrogens (primary N) is 1. The van der Waals surface area contributed by atoms with E-state index in [-0.39, 0.29) is 29.6 Å². The Morgan fingerprint density at radius 3 is 2.53 bits per heavy atom. The van der Waals surface area contributed by atoms with Crippen LogP contribution in [0.4, 0.5) is 4.39 Å². The predicted molar refractivity (Wildman–Crippen MR) is 74.9 cm³/mol. The lowest BCUT2D eigenvalue weighted by molar-refractivity contribution is -0.125.